The molecule has 5 nitrogen and oxygen atoms in total. The molecule has 2 rings (SSSR count). The average molecular weight is 305 g/mol. The van der Waals surface area contributed by atoms with E-state index in [4.69, 9.17) is 9.47 Å². The Balaban J connectivity index is 2.34. The van der Waals surface area contributed by atoms with E-state index in [1.54, 1.807) is 50.5 Å². The van der Waals surface area contributed by atoms with Gasteiger partial charge in [0.05, 0.1) is 5.56 Å². The minimum absolute atomic E-state index is 0.0838. The van der Waals surface area contributed by atoms with Crippen LogP contribution >= 0.6 is 11.3 Å². The van der Waals surface area contributed by atoms with E-state index in [1.165, 1.54) is 17.4 Å². The lowest BCUT2D eigenvalue weighted by Gasteiger charge is -2.18. The van der Waals surface area contributed by atoms with Crippen LogP contribution in [0.25, 0.3) is 10.6 Å². The van der Waals surface area contributed by atoms with Crippen molar-refractivity contribution in [2.75, 3.05) is 0 Å². The van der Waals surface area contributed by atoms with Crippen molar-refractivity contribution in [1.29, 1.82) is 0 Å². The summed E-state index contributed by atoms with van der Waals surface area (Å²) < 4.78 is 10.1. The lowest BCUT2D eigenvalue weighted by molar-refractivity contribution is 0.0204. The van der Waals surface area contributed by atoms with Crippen molar-refractivity contribution < 1.29 is 14.3 Å². The Hall–Kier alpha value is -2.21. The van der Waals surface area contributed by atoms with Gasteiger partial charge in [-0.2, -0.15) is 0 Å². The van der Waals surface area contributed by atoms with Crippen LogP contribution in [-0.2, 0) is 4.74 Å². The summed E-state index contributed by atoms with van der Waals surface area (Å²) in [5.41, 5.74) is -0.704. The van der Waals surface area contributed by atoms with Crippen LogP contribution in [0.5, 0.6) is 5.75 Å². The Morgan fingerprint density at radius 2 is 1.95 bits per heavy atom. The molecule has 0 atom stereocenters. The van der Waals surface area contributed by atoms with Crippen molar-refractivity contribution in [3.63, 3.8) is 0 Å². The summed E-state index contributed by atoms with van der Waals surface area (Å²) in [6.45, 7) is 5.16. The van der Waals surface area contributed by atoms with Gasteiger partial charge in [0.25, 0.3) is 0 Å². The highest BCUT2D eigenvalue weighted by atomic mass is 32.1. The maximum Gasteiger partial charge on any atom is 0.514 e. The van der Waals surface area contributed by atoms with Crippen molar-refractivity contribution in [3.05, 3.63) is 46.1 Å². The molecule has 0 unspecified atom stereocenters. The fourth-order valence-corrected chi connectivity index (χ4v) is 2.20. The quantitative estimate of drug-likeness (QED) is 0.795. The molecule has 0 saturated heterocycles. The summed E-state index contributed by atoms with van der Waals surface area (Å²) in [7, 11) is 0. The minimum Gasteiger partial charge on any atom is -0.428 e. The molecule has 0 bridgehead atoms. The summed E-state index contributed by atoms with van der Waals surface area (Å²) in [6.07, 6.45) is 0.705. The van der Waals surface area contributed by atoms with Gasteiger partial charge in [0, 0.05) is 11.6 Å². The Bertz CT molecular complexity index is 690. The molecule has 2 aromatic rings. The summed E-state index contributed by atoms with van der Waals surface area (Å²) in [5.74, 6) is -0.0838. The van der Waals surface area contributed by atoms with Crippen molar-refractivity contribution in [1.82, 2.24) is 4.98 Å². The number of aromatic nitrogens is 1. The molecular formula is C15H15NO4S. The Labute approximate surface area is 126 Å². The first kappa shape index (κ1) is 15.2. The van der Waals surface area contributed by atoms with Crippen LogP contribution < -0.4 is 10.2 Å². The predicted molar refractivity (Wildman–Crippen MR) is 80.7 cm³/mol. The standard InChI is InChI=1S/C15H15NO4S/c1-15(2,3)20-14(18)19-11-7-5-4-6-10(12(11)17)13-16-8-9-21-13/h4-9H,1-3H3. The number of ether oxygens (including phenoxy) is 2. The number of carbonyl (C=O) groups is 1. The lowest BCUT2D eigenvalue weighted by Crippen LogP contribution is -2.27. The molecule has 0 spiro atoms. The molecule has 0 radical (unpaired) electrons. The van der Waals surface area contributed by atoms with Crippen molar-refractivity contribution in [3.8, 4) is 16.3 Å². The van der Waals surface area contributed by atoms with Crippen LogP contribution in [0.1, 0.15) is 20.8 Å². The van der Waals surface area contributed by atoms with Gasteiger partial charge in [-0.3, -0.25) is 4.79 Å². The highest BCUT2D eigenvalue weighted by Gasteiger charge is 2.19. The van der Waals surface area contributed by atoms with Gasteiger partial charge in [0.2, 0.25) is 5.43 Å². The van der Waals surface area contributed by atoms with E-state index >= 15 is 0 Å². The minimum atomic E-state index is -0.907. The highest BCUT2D eigenvalue weighted by Crippen LogP contribution is 2.19. The summed E-state index contributed by atoms with van der Waals surface area (Å²) in [6, 6.07) is 6.39. The molecular weight excluding hydrogens is 290 g/mol. The maximum absolute atomic E-state index is 12.4. The second-order valence-corrected chi connectivity index (χ2v) is 6.12. The van der Waals surface area contributed by atoms with E-state index in [0.29, 0.717) is 10.6 Å². The van der Waals surface area contributed by atoms with E-state index in [-0.39, 0.29) is 5.75 Å². The first-order valence-electron chi connectivity index (χ1n) is 6.31. The topological polar surface area (TPSA) is 65.5 Å². The zero-order chi connectivity index (χ0) is 15.5. The molecule has 1 aromatic heterocycles. The normalized spacial score (nSPS) is 11.0. The largest absolute Gasteiger partial charge is 0.514 e. The number of hydrogen-bond acceptors (Lipinski definition) is 6. The van der Waals surface area contributed by atoms with Crippen LogP contribution in [0.15, 0.2) is 40.6 Å². The van der Waals surface area contributed by atoms with Gasteiger partial charge >= 0.3 is 6.16 Å². The summed E-state index contributed by atoms with van der Waals surface area (Å²) in [5, 5.41) is 2.35. The van der Waals surface area contributed by atoms with Crippen molar-refractivity contribution >= 4 is 17.5 Å². The molecule has 0 aliphatic rings. The number of thiazole rings is 1. The molecule has 0 saturated carbocycles. The molecule has 0 N–H and O–H groups in total. The third-order valence-electron chi connectivity index (χ3n) is 2.34. The van der Waals surface area contributed by atoms with Crippen LogP contribution in [0.2, 0.25) is 0 Å². The van der Waals surface area contributed by atoms with Gasteiger partial charge in [0.15, 0.2) is 5.75 Å². The fourth-order valence-electron chi connectivity index (χ4n) is 1.54. The monoisotopic (exact) mass is 305 g/mol. The Morgan fingerprint density at radius 3 is 2.57 bits per heavy atom. The Kier molecular flexibility index (Phi) is 4.37. The molecule has 0 aliphatic heterocycles. The van der Waals surface area contributed by atoms with Crippen molar-refractivity contribution in [2.24, 2.45) is 0 Å². The molecule has 1 heterocycles. The average Bonchev–Trinajstić information content (AvgIpc) is 2.82. The van der Waals surface area contributed by atoms with Crippen molar-refractivity contribution in [2.45, 2.75) is 26.4 Å². The van der Waals surface area contributed by atoms with Crippen LogP contribution in [0, 0.1) is 0 Å². The van der Waals surface area contributed by atoms with Gasteiger partial charge < -0.3 is 9.47 Å². The van der Waals surface area contributed by atoms with E-state index in [9.17, 15) is 9.59 Å². The zero-order valence-corrected chi connectivity index (χ0v) is 12.8. The van der Waals surface area contributed by atoms with Crippen LogP contribution in [0.4, 0.5) is 4.79 Å². The SMILES string of the molecule is CC(C)(C)OC(=O)Oc1ccccc(-c2nccs2)c1=O. The molecule has 0 fully saturated rings. The number of nitrogens with zero attached hydrogens (tertiary/aromatic N) is 1. The number of rotatable bonds is 2. The zero-order valence-electron chi connectivity index (χ0n) is 12.0. The number of hydrogen-bond donors (Lipinski definition) is 0. The molecule has 110 valence electrons. The first-order valence-corrected chi connectivity index (χ1v) is 7.19. The second-order valence-electron chi connectivity index (χ2n) is 5.23. The van der Waals surface area contributed by atoms with E-state index in [0.717, 1.165) is 0 Å². The lowest BCUT2D eigenvalue weighted by atomic mass is 10.2. The summed E-state index contributed by atoms with van der Waals surface area (Å²) >= 11 is 1.34. The van der Waals surface area contributed by atoms with Gasteiger partial charge in [-0.15, -0.1) is 11.3 Å². The molecule has 1 aromatic carbocycles. The summed E-state index contributed by atoms with van der Waals surface area (Å²) in [4.78, 5) is 28.2. The Morgan fingerprint density at radius 1 is 1.24 bits per heavy atom. The smallest absolute Gasteiger partial charge is 0.428 e. The van der Waals surface area contributed by atoms with Crippen LogP contribution in [-0.4, -0.2) is 16.7 Å². The third-order valence-corrected chi connectivity index (χ3v) is 3.14. The van der Waals surface area contributed by atoms with Gasteiger partial charge in [-0.1, -0.05) is 12.1 Å². The highest BCUT2D eigenvalue weighted by molar-refractivity contribution is 7.13. The maximum atomic E-state index is 12.4. The van der Waals surface area contributed by atoms with E-state index in [2.05, 4.69) is 4.98 Å². The van der Waals surface area contributed by atoms with Gasteiger partial charge in [0.1, 0.15) is 10.6 Å². The van der Waals surface area contributed by atoms with Crippen LogP contribution in [0.3, 0.4) is 0 Å². The predicted octanol–water partition coefficient (Wildman–Crippen LogP) is 3.48. The van der Waals surface area contributed by atoms with E-state index in [1.807, 2.05) is 0 Å². The van der Waals surface area contributed by atoms with E-state index < -0.39 is 17.2 Å². The van der Waals surface area contributed by atoms with Gasteiger partial charge in [-0.05, 0) is 32.9 Å². The number of carbonyl (C=O) groups excluding carboxylic acids is 1. The second kappa shape index (κ2) is 6.05. The van der Waals surface area contributed by atoms with Gasteiger partial charge in [-0.25, -0.2) is 9.78 Å². The first-order chi connectivity index (χ1) is 9.87. The third kappa shape index (κ3) is 4.13. The molecule has 21 heavy (non-hydrogen) atoms. The molecule has 0 amide bonds. The fraction of sp³-hybridized carbons (Fsp3) is 0.267. The molecule has 6 heteroatoms. The molecule has 0 aliphatic carbocycles.